The molecule has 0 saturated heterocycles. The van der Waals surface area contributed by atoms with E-state index in [1.165, 1.54) is 0 Å². The first-order valence-corrected chi connectivity index (χ1v) is 9.40. The summed E-state index contributed by atoms with van der Waals surface area (Å²) in [5, 5.41) is 12.1. The summed E-state index contributed by atoms with van der Waals surface area (Å²) in [4.78, 5) is 31.6. The number of benzene rings is 1. The number of amides is 1. The quantitative estimate of drug-likeness (QED) is 0.533. The predicted octanol–water partition coefficient (Wildman–Crippen LogP) is 2.11. The Morgan fingerprint density at radius 1 is 1.26 bits per heavy atom. The number of nitrogens with zero attached hydrogens (tertiary/aromatic N) is 2. The molecule has 2 N–H and O–H groups in total. The van der Waals surface area contributed by atoms with E-state index in [1.807, 2.05) is 12.1 Å². The van der Waals surface area contributed by atoms with Gasteiger partial charge in [-0.2, -0.15) is 0 Å². The zero-order chi connectivity index (χ0) is 20.2. The topological polar surface area (TPSA) is 101 Å². The van der Waals surface area contributed by atoms with Crippen molar-refractivity contribution in [2.24, 2.45) is 0 Å². The van der Waals surface area contributed by atoms with Gasteiger partial charge in [0.1, 0.15) is 5.60 Å². The van der Waals surface area contributed by atoms with Gasteiger partial charge >= 0.3 is 145 Å². The second-order valence-electron chi connectivity index (χ2n) is 6.81. The Labute approximate surface area is 171 Å². The molecule has 1 unspecified atom stereocenters. The Morgan fingerprint density at radius 2 is 1.89 bits per heavy atom. The van der Waals surface area contributed by atoms with E-state index in [9.17, 15) is 14.7 Å². The van der Waals surface area contributed by atoms with Gasteiger partial charge in [0.25, 0.3) is 0 Å². The average molecular weight is 452 g/mol. The Balaban J connectivity index is 2.10. The SMILES string of the molecule is CC(C)(C)OC(=O)NC(Cc1ccc(-c2cc(Cl)nc([As])n2)cc1)C(=O)O. The average Bonchev–Trinajstić information content (AvgIpc) is 2.52. The predicted molar refractivity (Wildman–Crippen MR) is 102 cm³/mol. The second-order valence-corrected chi connectivity index (χ2v) is 8.04. The van der Waals surface area contributed by atoms with Gasteiger partial charge in [-0.3, -0.25) is 0 Å². The van der Waals surface area contributed by atoms with Crippen LogP contribution in [0, 0.1) is 0 Å². The van der Waals surface area contributed by atoms with Crippen molar-refractivity contribution in [3.8, 4) is 11.3 Å². The summed E-state index contributed by atoms with van der Waals surface area (Å²) in [5.74, 6) is -1.14. The number of nitrogens with one attached hydrogen (secondary N) is 1. The van der Waals surface area contributed by atoms with Crippen molar-refractivity contribution in [3.63, 3.8) is 0 Å². The van der Waals surface area contributed by atoms with Gasteiger partial charge in [-0.1, -0.05) is 0 Å². The number of ether oxygens (including phenoxy) is 1. The first-order valence-electron chi connectivity index (χ1n) is 8.08. The molecule has 142 valence electrons. The zero-order valence-electron chi connectivity index (χ0n) is 15.1. The van der Waals surface area contributed by atoms with Crippen molar-refractivity contribution in [2.45, 2.75) is 38.8 Å². The van der Waals surface area contributed by atoms with Gasteiger partial charge in [0.05, 0.1) is 0 Å². The first kappa shape index (κ1) is 21.2. The number of alkyl carbamates (subject to hydrolysis) is 1. The molecular weight excluding hydrogens is 433 g/mol. The van der Waals surface area contributed by atoms with Crippen LogP contribution in [0.15, 0.2) is 30.3 Å². The molecule has 1 amide bonds. The molecule has 1 atom stereocenters. The number of hydrogen-bond acceptors (Lipinski definition) is 5. The minimum absolute atomic E-state index is 0.120. The minimum atomic E-state index is -1.14. The monoisotopic (exact) mass is 451 g/mol. The molecule has 2 radical (unpaired) electrons. The molecule has 2 rings (SSSR count). The van der Waals surface area contributed by atoms with Crippen LogP contribution in [-0.4, -0.2) is 55.6 Å². The van der Waals surface area contributed by atoms with Crippen LogP contribution in [0.3, 0.4) is 0 Å². The second kappa shape index (κ2) is 8.72. The maximum absolute atomic E-state index is 11.8. The number of carboxylic acid groups (broad SMARTS) is 1. The van der Waals surface area contributed by atoms with E-state index in [0.717, 1.165) is 11.1 Å². The van der Waals surface area contributed by atoms with Crippen LogP contribution >= 0.6 is 11.6 Å². The summed E-state index contributed by atoms with van der Waals surface area (Å²) in [6.45, 7) is 5.13. The van der Waals surface area contributed by atoms with Crippen molar-refractivity contribution in [3.05, 3.63) is 41.0 Å². The van der Waals surface area contributed by atoms with Crippen LogP contribution in [0.25, 0.3) is 11.3 Å². The zero-order valence-corrected chi connectivity index (χ0v) is 17.7. The van der Waals surface area contributed by atoms with Crippen LogP contribution < -0.4 is 9.93 Å². The Bertz CT molecular complexity index is 817. The molecule has 9 heteroatoms. The molecule has 0 spiro atoms. The van der Waals surface area contributed by atoms with Crippen LogP contribution in [0.5, 0.6) is 0 Å². The number of carbonyl (C=O) groups excluding carboxylic acids is 1. The molecule has 0 bridgehead atoms. The molecule has 0 aliphatic rings. The molecule has 27 heavy (non-hydrogen) atoms. The van der Waals surface area contributed by atoms with Gasteiger partial charge in [-0.05, 0) is 20.8 Å². The molecule has 2 aromatic rings. The third-order valence-electron chi connectivity index (χ3n) is 3.36. The summed E-state index contributed by atoms with van der Waals surface area (Å²) in [6, 6.07) is 7.74. The molecule has 1 aromatic heterocycles. The third kappa shape index (κ3) is 6.85. The molecule has 0 saturated carbocycles. The third-order valence-corrected chi connectivity index (χ3v) is 3.97. The fraction of sp³-hybridized carbons (Fsp3) is 0.333. The Hall–Kier alpha value is -2.11. The summed E-state index contributed by atoms with van der Waals surface area (Å²) < 4.78 is 5.62. The Morgan fingerprint density at radius 3 is 2.41 bits per heavy atom. The van der Waals surface area contributed by atoms with Crippen molar-refractivity contribution in [1.82, 2.24) is 15.3 Å². The molecular formula is C18H19AsClN3O4. The van der Waals surface area contributed by atoms with E-state index in [2.05, 4.69) is 32.1 Å². The van der Waals surface area contributed by atoms with E-state index in [-0.39, 0.29) is 6.42 Å². The van der Waals surface area contributed by atoms with Gasteiger partial charge in [0.15, 0.2) is 0 Å². The fourth-order valence-electron chi connectivity index (χ4n) is 2.25. The van der Waals surface area contributed by atoms with Crippen molar-refractivity contribution < 1.29 is 19.4 Å². The Kier molecular flexibility index (Phi) is 6.84. The van der Waals surface area contributed by atoms with Crippen LogP contribution in [0.4, 0.5) is 4.79 Å². The standard InChI is InChI=1S/C18H19AsClN3O4/c1-18(2,3)27-17(26)22-13(15(24)25)8-10-4-6-11(7-5-10)12-9-14(20)23-16(19)21-12/h4-7,9,13H,8H2,1-3H3,(H,22,26)(H,24,25). The van der Waals surface area contributed by atoms with E-state index < -0.39 is 23.7 Å². The number of aliphatic carboxylic acids is 1. The number of halogens is 1. The summed E-state index contributed by atoms with van der Waals surface area (Å²) >= 11 is 8.18. The molecule has 0 aliphatic carbocycles. The molecule has 0 fully saturated rings. The van der Waals surface area contributed by atoms with Crippen molar-refractivity contribution in [1.29, 1.82) is 0 Å². The summed E-state index contributed by atoms with van der Waals surface area (Å²) in [6.07, 6.45) is -0.647. The summed E-state index contributed by atoms with van der Waals surface area (Å²) in [7, 11) is 0. The molecule has 1 aromatic carbocycles. The van der Waals surface area contributed by atoms with Crippen LogP contribution in [0.2, 0.25) is 5.15 Å². The van der Waals surface area contributed by atoms with Crippen LogP contribution in [-0.2, 0) is 16.0 Å². The first-order chi connectivity index (χ1) is 12.5. The van der Waals surface area contributed by atoms with Crippen LogP contribution in [0.1, 0.15) is 26.3 Å². The van der Waals surface area contributed by atoms with E-state index in [1.54, 1.807) is 39.0 Å². The number of carboxylic acids is 1. The normalized spacial score (nSPS) is 12.3. The number of aromatic nitrogens is 2. The molecule has 1 heterocycles. The number of hydrogen-bond donors (Lipinski definition) is 2. The van der Waals surface area contributed by atoms with Crippen molar-refractivity contribution in [2.75, 3.05) is 0 Å². The number of carbonyl (C=O) groups is 2. The van der Waals surface area contributed by atoms with Gasteiger partial charge < -0.3 is 0 Å². The van der Waals surface area contributed by atoms with Crippen molar-refractivity contribution >= 4 is 45.1 Å². The van der Waals surface area contributed by atoms with Gasteiger partial charge in [-0.25, -0.2) is 0 Å². The fourth-order valence-corrected chi connectivity index (χ4v) is 3.01. The maximum atomic E-state index is 11.8. The molecule has 7 nitrogen and oxygen atoms in total. The molecule has 0 aliphatic heterocycles. The van der Waals surface area contributed by atoms with E-state index in [0.29, 0.717) is 15.5 Å². The van der Waals surface area contributed by atoms with Gasteiger partial charge in [0.2, 0.25) is 0 Å². The van der Waals surface area contributed by atoms with Gasteiger partial charge in [0, 0.05) is 0 Å². The van der Waals surface area contributed by atoms with Gasteiger partial charge in [-0.15, -0.1) is 0 Å². The van der Waals surface area contributed by atoms with E-state index in [4.69, 9.17) is 16.3 Å². The number of rotatable bonds is 5. The summed E-state index contributed by atoms with van der Waals surface area (Å²) in [5.41, 5.74) is 1.53. The van der Waals surface area contributed by atoms with E-state index >= 15 is 0 Å².